The predicted octanol–water partition coefficient (Wildman–Crippen LogP) is 5.23. The Labute approximate surface area is 140 Å². The lowest BCUT2D eigenvalue weighted by Crippen LogP contribution is -2.14. The van der Waals surface area contributed by atoms with E-state index in [-0.39, 0.29) is 6.04 Å². The van der Waals surface area contributed by atoms with Crippen molar-refractivity contribution >= 4 is 43.5 Å². The van der Waals surface area contributed by atoms with Gasteiger partial charge in [-0.25, -0.2) is 0 Å². The zero-order chi connectivity index (χ0) is 14.9. The number of hydrogen-bond donors (Lipinski definition) is 1. The Morgan fingerprint density at radius 2 is 1.85 bits per heavy atom. The third kappa shape index (κ3) is 3.19. The van der Waals surface area contributed by atoms with Crippen LogP contribution < -0.4 is 10.5 Å². The lowest BCUT2D eigenvalue weighted by Gasteiger charge is -2.19. The fourth-order valence-electron chi connectivity index (χ4n) is 2.18. The van der Waals surface area contributed by atoms with Crippen LogP contribution in [0, 0.1) is 6.92 Å². The first-order valence-electron chi connectivity index (χ1n) is 5.98. The van der Waals surface area contributed by atoms with Crippen LogP contribution in [-0.4, -0.2) is 7.11 Å². The van der Waals surface area contributed by atoms with E-state index in [2.05, 4.69) is 31.9 Å². The van der Waals surface area contributed by atoms with E-state index in [0.717, 1.165) is 25.6 Å². The van der Waals surface area contributed by atoms with Crippen LogP contribution in [0.4, 0.5) is 0 Å². The molecular weight excluding hydrogens is 405 g/mol. The van der Waals surface area contributed by atoms with E-state index in [0.29, 0.717) is 10.8 Å². The molecule has 1 atom stereocenters. The van der Waals surface area contributed by atoms with Gasteiger partial charge in [0.05, 0.1) is 17.6 Å². The van der Waals surface area contributed by atoms with Gasteiger partial charge in [-0.2, -0.15) is 0 Å². The molecular formula is C15H14Br2ClNO. The average molecular weight is 420 g/mol. The highest BCUT2D eigenvalue weighted by Gasteiger charge is 2.19. The highest BCUT2D eigenvalue weighted by molar-refractivity contribution is 9.10. The summed E-state index contributed by atoms with van der Waals surface area (Å²) in [7, 11) is 1.62. The van der Waals surface area contributed by atoms with Gasteiger partial charge in [0.1, 0.15) is 5.75 Å². The Morgan fingerprint density at radius 3 is 2.45 bits per heavy atom. The van der Waals surface area contributed by atoms with E-state index in [9.17, 15) is 0 Å². The molecule has 1 unspecified atom stereocenters. The molecule has 5 heteroatoms. The number of halogens is 3. The number of aryl methyl sites for hydroxylation is 1. The minimum Gasteiger partial charge on any atom is -0.495 e. The predicted molar refractivity (Wildman–Crippen MR) is 90.6 cm³/mol. The molecule has 0 fully saturated rings. The van der Waals surface area contributed by atoms with E-state index < -0.39 is 0 Å². The molecule has 0 aliphatic carbocycles. The summed E-state index contributed by atoms with van der Waals surface area (Å²) in [5, 5.41) is 0.623. The summed E-state index contributed by atoms with van der Waals surface area (Å²) in [6, 6.07) is 9.38. The molecule has 0 saturated carbocycles. The van der Waals surface area contributed by atoms with Crippen molar-refractivity contribution in [1.29, 1.82) is 0 Å². The molecule has 2 rings (SSSR count). The summed E-state index contributed by atoms with van der Waals surface area (Å²) in [4.78, 5) is 0. The van der Waals surface area contributed by atoms with Gasteiger partial charge in [-0.1, -0.05) is 33.6 Å². The second-order valence-corrected chi connectivity index (χ2v) is 6.70. The number of ether oxygens (including phenoxy) is 1. The van der Waals surface area contributed by atoms with Crippen molar-refractivity contribution in [1.82, 2.24) is 0 Å². The van der Waals surface area contributed by atoms with Crippen LogP contribution in [0.5, 0.6) is 5.75 Å². The molecule has 0 radical (unpaired) electrons. The normalized spacial score (nSPS) is 12.3. The topological polar surface area (TPSA) is 35.2 Å². The molecule has 0 bridgehead atoms. The molecule has 2 nitrogen and oxygen atoms in total. The van der Waals surface area contributed by atoms with Gasteiger partial charge in [0, 0.05) is 15.1 Å². The summed E-state index contributed by atoms with van der Waals surface area (Å²) in [6.07, 6.45) is 0. The van der Waals surface area contributed by atoms with Crippen LogP contribution >= 0.6 is 43.5 Å². The van der Waals surface area contributed by atoms with Gasteiger partial charge in [0.2, 0.25) is 0 Å². The van der Waals surface area contributed by atoms with Gasteiger partial charge in [0.15, 0.2) is 0 Å². The first-order chi connectivity index (χ1) is 9.43. The standard InChI is InChI=1S/C15H14Br2ClNO/c1-8-5-9(16)3-4-11(8)14(19)12-6-10(18)7-13(17)15(12)20-2/h3-7,14H,19H2,1-2H3. The Bertz CT molecular complexity index is 646. The second-order valence-electron chi connectivity index (χ2n) is 4.49. The molecule has 106 valence electrons. The fraction of sp³-hybridized carbons (Fsp3) is 0.200. The van der Waals surface area contributed by atoms with Crippen LogP contribution in [0.3, 0.4) is 0 Å². The van der Waals surface area contributed by atoms with Crippen molar-refractivity contribution in [2.24, 2.45) is 5.73 Å². The average Bonchev–Trinajstić information content (AvgIpc) is 2.37. The number of rotatable bonds is 3. The minimum atomic E-state index is -0.298. The third-order valence-electron chi connectivity index (χ3n) is 3.14. The summed E-state index contributed by atoms with van der Waals surface area (Å²) in [5.74, 6) is 0.712. The lowest BCUT2D eigenvalue weighted by atomic mass is 9.95. The van der Waals surface area contributed by atoms with E-state index in [1.54, 1.807) is 13.2 Å². The van der Waals surface area contributed by atoms with Crippen molar-refractivity contribution in [3.8, 4) is 5.75 Å². The van der Waals surface area contributed by atoms with Crippen LogP contribution in [0.2, 0.25) is 5.02 Å². The van der Waals surface area contributed by atoms with Crippen LogP contribution in [0.1, 0.15) is 22.7 Å². The third-order valence-corrected chi connectivity index (χ3v) is 4.44. The van der Waals surface area contributed by atoms with Gasteiger partial charge in [0.25, 0.3) is 0 Å². The maximum Gasteiger partial charge on any atom is 0.138 e. The van der Waals surface area contributed by atoms with E-state index in [1.165, 1.54) is 0 Å². The first-order valence-corrected chi connectivity index (χ1v) is 7.95. The van der Waals surface area contributed by atoms with Gasteiger partial charge >= 0.3 is 0 Å². The Hall–Kier alpha value is -0.550. The maximum atomic E-state index is 6.41. The van der Waals surface area contributed by atoms with Crippen LogP contribution in [-0.2, 0) is 0 Å². The Balaban J connectivity index is 2.55. The van der Waals surface area contributed by atoms with Crippen molar-refractivity contribution in [2.75, 3.05) is 7.11 Å². The summed E-state index contributed by atoms with van der Waals surface area (Å²) in [5.41, 5.74) is 9.42. The van der Waals surface area contributed by atoms with E-state index in [1.807, 2.05) is 31.2 Å². The summed E-state index contributed by atoms with van der Waals surface area (Å²) >= 11 is 13.0. The number of methoxy groups -OCH3 is 1. The molecule has 0 spiro atoms. The first kappa shape index (κ1) is 15.8. The van der Waals surface area contributed by atoms with Gasteiger partial charge in [-0.3, -0.25) is 0 Å². The number of nitrogens with two attached hydrogens (primary N) is 1. The molecule has 2 aromatic rings. The highest BCUT2D eigenvalue weighted by atomic mass is 79.9. The monoisotopic (exact) mass is 417 g/mol. The molecule has 2 aromatic carbocycles. The molecule has 2 N–H and O–H groups in total. The smallest absolute Gasteiger partial charge is 0.138 e. The van der Waals surface area contributed by atoms with Crippen molar-refractivity contribution in [3.05, 3.63) is 61.0 Å². The number of benzene rings is 2. The maximum absolute atomic E-state index is 6.41. The zero-order valence-corrected chi connectivity index (χ0v) is 15.0. The molecule has 0 aliphatic rings. The second kappa shape index (κ2) is 6.48. The quantitative estimate of drug-likeness (QED) is 0.739. The SMILES string of the molecule is COc1c(Br)cc(Cl)cc1C(N)c1ccc(Br)cc1C. The summed E-state index contributed by atoms with van der Waals surface area (Å²) in [6.45, 7) is 2.03. The molecule has 0 heterocycles. The van der Waals surface area contributed by atoms with Gasteiger partial charge in [-0.05, 0) is 58.2 Å². The molecule has 0 amide bonds. The van der Waals surface area contributed by atoms with Gasteiger partial charge in [-0.15, -0.1) is 0 Å². The Kier molecular flexibility index (Phi) is 5.13. The van der Waals surface area contributed by atoms with Crippen molar-refractivity contribution in [2.45, 2.75) is 13.0 Å². The highest BCUT2D eigenvalue weighted by Crippen LogP contribution is 2.38. The molecule has 0 aliphatic heterocycles. The van der Waals surface area contributed by atoms with Crippen molar-refractivity contribution < 1.29 is 4.74 Å². The zero-order valence-electron chi connectivity index (χ0n) is 11.1. The van der Waals surface area contributed by atoms with E-state index >= 15 is 0 Å². The fourth-order valence-corrected chi connectivity index (χ4v) is 3.65. The van der Waals surface area contributed by atoms with Crippen molar-refractivity contribution in [3.63, 3.8) is 0 Å². The minimum absolute atomic E-state index is 0.298. The van der Waals surface area contributed by atoms with Crippen LogP contribution in [0.15, 0.2) is 39.3 Å². The Morgan fingerprint density at radius 1 is 1.15 bits per heavy atom. The van der Waals surface area contributed by atoms with Crippen LogP contribution in [0.25, 0.3) is 0 Å². The van der Waals surface area contributed by atoms with Gasteiger partial charge < -0.3 is 10.5 Å². The molecule has 20 heavy (non-hydrogen) atoms. The number of hydrogen-bond acceptors (Lipinski definition) is 2. The molecule has 0 saturated heterocycles. The van der Waals surface area contributed by atoms with E-state index in [4.69, 9.17) is 22.1 Å². The molecule has 0 aromatic heterocycles. The summed E-state index contributed by atoms with van der Waals surface area (Å²) < 4.78 is 7.27. The lowest BCUT2D eigenvalue weighted by molar-refractivity contribution is 0.405. The largest absolute Gasteiger partial charge is 0.495 e.